The van der Waals surface area contributed by atoms with E-state index in [1.807, 2.05) is 0 Å². The van der Waals surface area contributed by atoms with Gasteiger partial charge in [-0.15, -0.1) is 12.4 Å². The van der Waals surface area contributed by atoms with Crippen LogP contribution < -0.4 is 5.73 Å². The molecule has 1 aromatic carbocycles. The summed E-state index contributed by atoms with van der Waals surface area (Å²) in [7, 11) is 0. The van der Waals surface area contributed by atoms with Crippen LogP contribution in [0.3, 0.4) is 0 Å². The molecular weight excluding hydrogens is 262 g/mol. The maximum Gasteiger partial charge on any atom is 0.126 e. The van der Waals surface area contributed by atoms with Crippen LogP contribution in [0.5, 0.6) is 0 Å². The molecule has 0 spiro atoms. The highest BCUT2D eigenvalue weighted by molar-refractivity contribution is 5.85. The fourth-order valence-electron chi connectivity index (χ4n) is 2.03. The molecule has 3 nitrogen and oxygen atoms in total. The van der Waals surface area contributed by atoms with E-state index in [0.29, 0.717) is 31.8 Å². The van der Waals surface area contributed by atoms with E-state index in [9.17, 15) is 8.78 Å². The van der Waals surface area contributed by atoms with E-state index >= 15 is 0 Å². The molecule has 1 aromatic rings. The summed E-state index contributed by atoms with van der Waals surface area (Å²) in [5, 5.41) is 0. The molecule has 0 amide bonds. The maximum absolute atomic E-state index is 13.0. The van der Waals surface area contributed by atoms with Crippen LogP contribution in [0.15, 0.2) is 18.2 Å². The smallest absolute Gasteiger partial charge is 0.126 e. The zero-order valence-electron chi connectivity index (χ0n) is 9.94. The van der Waals surface area contributed by atoms with Crippen LogP contribution in [-0.4, -0.2) is 37.2 Å². The summed E-state index contributed by atoms with van der Waals surface area (Å²) < 4.78 is 31.5. The Morgan fingerprint density at radius 2 is 1.94 bits per heavy atom. The van der Waals surface area contributed by atoms with E-state index in [0.717, 1.165) is 12.6 Å². The van der Waals surface area contributed by atoms with Gasteiger partial charge in [-0.2, -0.15) is 0 Å². The first-order chi connectivity index (χ1) is 8.17. The number of nitrogens with two attached hydrogens (primary N) is 1. The number of hydrogen-bond acceptors (Lipinski definition) is 3. The van der Waals surface area contributed by atoms with Gasteiger partial charge in [0.25, 0.3) is 0 Å². The van der Waals surface area contributed by atoms with Crippen LogP contribution in [0.1, 0.15) is 5.56 Å². The van der Waals surface area contributed by atoms with Crippen LogP contribution in [0, 0.1) is 11.6 Å². The van der Waals surface area contributed by atoms with Crippen LogP contribution >= 0.6 is 12.4 Å². The third kappa shape index (κ3) is 4.17. The van der Waals surface area contributed by atoms with Crippen molar-refractivity contribution in [1.29, 1.82) is 0 Å². The van der Waals surface area contributed by atoms with Gasteiger partial charge in [0.15, 0.2) is 0 Å². The third-order valence-electron chi connectivity index (χ3n) is 2.81. The molecule has 0 radical (unpaired) electrons. The molecule has 1 fully saturated rings. The summed E-state index contributed by atoms with van der Waals surface area (Å²) in [6.07, 6.45) is 0.0159. The van der Waals surface area contributed by atoms with E-state index in [2.05, 4.69) is 4.90 Å². The SMILES string of the molecule is Cl.NCC1CN(Cc2cc(F)cc(F)c2)CCO1. The molecule has 1 heterocycles. The van der Waals surface area contributed by atoms with Gasteiger partial charge in [0.1, 0.15) is 11.6 Å². The average Bonchev–Trinajstić information content (AvgIpc) is 2.28. The van der Waals surface area contributed by atoms with E-state index in [1.165, 1.54) is 12.1 Å². The Labute approximate surface area is 111 Å². The van der Waals surface area contributed by atoms with Crippen molar-refractivity contribution in [3.63, 3.8) is 0 Å². The lowest BCUT2D eigenvalue weighted by Gasteiger charge is -2.32. The minimum atomic E-state index is -0.538. The van der Waals surface area contributed by atoms with Crippen molar-refractivity contribution in [2.45, 2.75) is 12.6 Å². The first kappa shape index (κ1) is 15.3. The number of ether oxygens (including phenoxy) is 1. The fourth-order valence-corrected chi connectivity index (χ4v) is 2.03. The van der Waals surface area contributed by atoms with E-state index < -0.39 is 11.6 Å². The van der Waals surface area contributed by atoms with Crippen molar-refractivity contribution in [3.8, 4) is 0 Å². The van der Waals surface area contributed by atoms with Gasteiger partial charge in [0.2, 0.25) is 0 Å². The molecule has 0 aromatic heterocycles. The average molecular weight is 279 g/mol. The van der Waals surface area contributed by atoms with Crippen LogP contribution in [0.25, 0.3) is 0 Å². The summed E-state index contributed by atoms with van der Waals surface area (Å²) in [5.74, 6) is -1.08. The molecule has 0 bridgehead atoms. The first-order valence-electron chi connectivity index (χ1n) is 5.66. The largest absolute Gasteiger partial charge is 0.374 e. The van der Waals surface area contributed by atoms with Gasteiger partial charge in [-0.05, 0) is 17.7 Å². The molecule has 6 heteroatoms. The third-order valence-corrected chi connectivity index (χ3v) is 2.81. The quantitative estimate of drug-likeness (QED) is 0.912. The lowest BCUT2D eigenvalue weighted by atomic mass is 10.1. The van der Waals surface area contributed by atoms with E-state index in [-0.39, 0.29) is 18.5 Å². The van der Waals surface area contributed by atoms with E-state index in [4.69, 9.17) is 10.5 Å². The van der Waals surface area contributed by atoms with Gasteiger partial charge >= 0.3 is 0 Å². The molecule has 1 atom stereocenters. The summed E-state index contributed by atoms with van der Waals surface area (Å²) in [6.45, 7) is 3.06. The second kappa shape index (κ2) is 6.99. The van der Waals surface area contributed by atoms with Crippen molar-refractivity contribution in [3.05, 3.63) is 35.4 Å². The maximum atomic E-state index is 13.0. The van der Waals surface area contributed by atoms with Crippen molar-refractivity contribution in [1.82, 2.24) is 4.90 Å². The second-order valence-corrected chi connectivity index (χ2v) is 4.24. The number of benzene rings is 1. The Kier molecular flexibility index (Phi) is 5.95. The summed E-state index contributed by atoms with van der Waals surface area (Å²) >= 11 is 0. The van der Waals surface area contributed by atoms with Crippen molar-refractivity contribution < 1.29 is 13.5 Å². The molecule has 1 aliphatic rings. The number of nitrogens with zero attached hydrogens (tertiary/aromatic N) is 1. The number of rotatable bonds is 3. The highest BCUT2D eigenvalue weighted by Gasteiger charge is 2.19. The van der Waals surface area contributed by atoms with Gasteiger partial charge in [0, 0.05) is 32.2 Å². The number of morpholine rings is 1. The second-order valence-electron chi connectivity index (χ2n) is 4.24. The Morgan fingerprint density at radius 3 is 2.56 bits per heavy atom. The van der Waals surface area contributed by atoms with Gasteiger partial charge in [0.05, 0.1) is 12.7 Å². The standard InChI is InChI=1S/C12H16F2N2O.ClH/c13-10-3-9(4-11(14)5-10)7-16-1-2-17-12(6-15)8-16;/h3-5,12H,1-2,6-8,15H2;1H. The molecule has 0 aliphatic carbocycles. The molecule has 2 rings (SSSR count). The van der Waals surface area contributed by atoms with Crippen molar-refractivity contribution >= 4 is 12.4 Å². The predicted molar refractivity (Wildman–Crippen MR) is 67.7 cm³/mol. The van der Waals surface area contributed by atoms with Gasteiger partial charge in [-0.3, -0.25) is 4.90 Å². The molecule has 1 saturated heterocycles. The minimum Gasteiger partial charge on any atom is -0.374 e. The fraction of sp³-hybridized carbons (Fsp3) is 0.500. The summed E-state index contributed by atoms with van der Waals surface area (Å²) in [5.41, 5.74) is 6.17. The van der Waals surface area contributed by atoms with E-state index in [1.54, 1.807) is 0 Å². The highest BCUT2D eigenvalue weighted by Crippen LogP contribution is 2.13. The highest BCUT2D eigenvalue weighted by atomic mass is 35.5. The Bertz CT molecular complexity index is 372. The molecule has 1 aliphatic heterocycles. The van der Waals surface area contributed by atoms with Gasteiger partial charge < -0.3 is 10.5 Å². The Balaban J connectivity index is 0.00000162. The molecular formula is C12H17ClF2N2O. The lowest BCUT2D eigenvalue weighted by molar-refractivity contribution is -0.0260. The topological polar surface area (TPSA) is 38.5 Å². The molecule has 1 unspecified atom stereocenters. The van der Waals surface area contributed by atoms with Crippen molar-refractivity contribution in [2.75, 3.05) is 26.2 Å². The normalized spacial score (nSPS) is 20.5. The Morgan fingerprint density at radius 1 is 1.28 bits per heavy atom. The van der Waals surface area contributed by atoms with Gasteiger partial charge in [-0.1, -0.05) is 0 Å². The zero-order chi connectivity index (χ0) is 12.3. The zero-order valence-corrected chi connectivity index (χ0v) is 10.8. The Hall–Kier alpha value is -0.750. The van der Waals surface area contributed by atoms with Crippen molar-refractivity contribution in [2.24, 2.45) is 5.73 Å². The molecule has 18 heavy (non-hydrogen) atoms. The monoisotopic (exact) mass is 278 g/mol. The summed E-state index contributed by atoms with van der Waals surface area (Å²) in [4.78, 5) is 2.09. The number of hydrogen-bond donors (Lipinski definition) is 1. The molecule has 102 valence electrons. The first-order valence-corrected chi connectivity index (χ1v) is 5.66. The van der Waals surface area contributed by atoms with Crippen LogP contribution in [-0.2, 0) is 11.3 Å². The summed E-state index contributed by atoms with van der Waals surface area (Å²) in [6, 6.07) is 3.59. The van der Waals surface area contributed by atoms with Crippen LogP contribution in [0.2, 0.25) is 0 Å². The molecule has 2 N–H and O–H groups in total. The number of halogens is 3. The lowest BCUT2D eigenvalue weighted by Crippen LogP contribution is -2.45. The minimum absolute atomic E-state index is 0. The predicted octanol–water partition coefficient (Wildman–Crippen LogP) is 1.55. The van der Waals surface area contributed by atoms with Crippen LogP contribution in [0.4, 0.5) is 8.78 Å². The molecule has 0 saturated carbocycles. The van der Waals surface area contributed by atoms with Gasteiger partial charge in [-0.25, -0.2) is 8.78 Å².